The van der Waals surface area contributed by atoms with E-state index in [1.807, 2.05) is 13.0 Å². The molecule has 4 heteroatoms. The molecule has 1 aromatic rings. The van der Waals surface area contributed by atoms with E-state index in [0.717, 1.165) is 24.8 Å². The summed E-state index contributed by atoms with van der Waals surface area (Å²) in [6.07, 6.45) is 2.26. The standard InChI is InChI=1S/C15H20ClNO2/c1-3-14(10-6-12(18)7-10)17-15(19)13-8-11(16)5-4-9(13)2/h4-5,8,10,12,14,18H,3,6-7H2,1-2H3,(H,17,19)/t10?,12?,14-/m0/s1. The first-order chi connectivity index (χ1) is 9.01. The first-order valence-corrected chi connectivity index (χ1v) is 7.14. The lowest BCUT2D eigenvalue weighted by Gasteiger charge is -2.37. The minimum atomic E-state index is -0.191. The molecule has 3 nitrogen and oxygen atoms in total. The number of nitrogens with one attached hydrogen (secondary N) is 1. The Kier molecular flexibility index (Phi) is 4.48. The quantitative estimate of drug-likeness (QED) is 0.891. The van der Waals surface area contributed by atoms with Gasteiger partial charge < -0.3 is 10.4 Å². The molecule has 0 saturated heterocycles. The number of rotatable bonds is 4. The minimum absolute atomic E-state index is 0.0757. The summed E-state index contributed by atoms with van der Waals surface area (Å²) in [5, 5.41) is 13.0. The number of carbonyl (C=O) groups is 1. The molecule has 19 heavy (non-hydrogen) atoms. The number of aliphatic hydroxyl groups excluding tert-OH is 1. The van der Waals surface area contributed by atoms with E-state index < -0.39 is 0 Å². The highest BCUT2D eigenvalue weighted by Crippen LogP contribution is 2.31. The van der Waals surface area contributed by atoms with Gasteiger partial charge in [0.05, 0.1) is 6.10 Å². The Balaban J connectivity index is 2.05. The van der Waals surface area contributed by atoms with Gasteiger partial charge in [-0.3, -0.25) is 4.79 Å². The Morgan fingerprint density at radius 2 is 2.21 bits per heavy atom. The summed E-state index contributed by atoms with van der Waals surface area (Å²) in [4.78, 5) is 12.3. The zero-order valence-electron chi connectivity index (χ0n) is 11.3. The molecule has 2 N–H and O–H groups in total. The summed E-state index contributed by atoms with van der Waals surface area (Å²) < 4.78 is 0. The number of aliphatic hydroxyl groups is 1. The molecule has 104 valence electrons. The maximum atomic E-state index is 12.3. The molecule has 0 heterocycles. The van der Waals surface area contributed by atoms with Crippen LogP contribution in [-0.4, -0.2) is 23.2 Å². The summed E-state index contributed by atoms with van der Waals surface area (Å²) in [7, 11) is 0. The monoisotopic (exact) mass is 281 g/mol. The molecule has 0 spiro atoms. The molecule has 1 fully saturated rings. The average Bonchev–Trinajstić information content (AvgIpc) is 2.35. The maximum Gasteiger partial charge on any atom is 0.251 e. The summed E-state index contributed by atoms with van der Waals surface area (Å²) in [5.41, 5.74) is 1.55. The molecule has 2 rings (SSSR count). The smallest absolute Gasteiger partial charge is 0.251 e. The molecule has 1 aliphatic rings. The maximum absolute atomic E-state index is 12.3. The predicted molar refractivity (Wildman–Crippen MR) is 76.5 cm³/mol. The lowest BCUT2D eigenvalue weighted by molar-refractivity contribution is 0.0232. The second-order valence-corrected chi connectivity index (χ2v) is 5.77. The fourth-order valence-corrected chi connectivity index (χ4v) is 2.77. The van der Waals surface area contributed by atoms with Crippen molar-refractivity contribution in [2.45, 2.75) is 45.3 Å². The van der Waals surface area contributed by atoms with E-state index in [2.05, 4.69) is 12.2 Å². The van der Waals surface area contributed by atoms with E-state index in [0.29, 0.717) is 16.5 Å². The van der Waals surface area contributed by atoms with Crippen LogP contribution >= 0.6 is 11.6 Å². The van der Waals surface area contributed by atoms with Crippen LogP contribution in [-0.2, 0) is 0 Å². The summed E-state index contributed by atoms with van der Waals surface area (Å²) in [6.45, 7) is 3.96. The second kappa shape index (κ2) is 5.93. The highest BCUT2D eigenvalue weighted by Gasteiger charge is 2.33. The van der Waals surface area contributed by atoms with Gasteiger partial charge in [-0.05, 0) is 49.8 Å². The van der Waals surface area contributed by atoms with Gasteiger partial charge in [0.15, 0.2) is 0 Å². The molecule has 1 aromatic carbocycles. The summed E-state index contributed by atoms with van der Waals surface area (Å²) in [6, 6.07) is 5.47. The number of benzene rings is 1. The van der Waals surface area contributed by atoms with Crippen molar-refractivity contribution in [3.63, 3.8) is 0 Å². The lowest BCUT2D eigenvalue weighted by Crippen LogP contribution is -2.46. The number of hydrogen-bond donors (Lipinski definition) is 2. The molecule has 0 bridgehead atoms. The molecule has 1 amide bonds. The normalized spacial score (nSPS) is 23.6. The van der Waals surface area contributed by atoms with Crippen LogP contribution in [0.4, 0.5) is 0 Å². The topological polar surface area (TPSA) is 49.3 Å². The Labute approximate surface area is 119 Å². The van der Waals surface area contributed by atoms with Crippen molar-refractivity contribution in [3.8, 4) is 0 Å². The first-order valence-electron chi connectivity index (χ1n) is 6.76. The van der Waals surface area contributed by atoms with Crippen LogP contribution in [0.3, 0.4) is 0 Å². The highest BCUT2D eigenvalue weighted by atomic mass is 35.5. The minimum Gasteiger partial charge on any atom is -0.393 e. The first kappa shape index (κ1) is 14.4. The third-order valence-corrected chi connectivity index (χ3v) is 4.15. The van der Waals surface area contributed by atoms with Gasteiger partial charge in [0.2, 0.25) is 0 Å². The van der Waals surface area contributed by atoms with Crippen molar-refractivity contribution in [2.75, 3.05) is 0 Å². The Morgan fingerprint density at radius 1 is 1.53 bits per heavy atom. The fraction of sp³-hybridized carbons (Fsp3) is 0.533. The lowest BCUT2D eigenvalue weighted by atomic mass is 9.76. The number of amides is 1. The Hall–Kier alpha value is -1.06. The van der Waals surface area contributed by atoms with Crippen molar-refractivity contribution >= 4 is 17.5 Å². The van der Waals surface area contributed by atoms with Gasteiger partial charge >= 0.3 is 0 Å². The molecular formula is C15H20ClNO2. The SMILES string of the molecule is CC[C@H](NC(=O)c1cc(Cl)ccc1C)C1CC(O)C1. The van der Waals surface area contributed by atoms with Crippen LogP contribution in [0.15, 0.2) is 18.2 Å². The molecule has 1 aliphatic carbocycles. The highest BCUT2D eigenvalue weighted by molar-refractivity contribution is 6.31. The Bertz CT molecular complexity index is 469. The van der Waals surface area contributed by atoms with Crippen molar-refractivity contribution in [1.29, 1.82) is 0 Å². The van der Waals surface area contributed by atoms with Crippen LogP contribution in [0.5, 0.6) is 0 Å². The summed E-state index contributed by atoms with van der Waals surface area (Å²) >= 11 is 5.94. The number of aryl methyl sites for hydroxylation is 1. The summed E-state index contributed by atoms with van der Waals surface area (Å²) in [5.74, 6) is 0.316. The van der Waals surface area contributed by atoms with Crippen LogP contribution in [0.1, 0.15) is 42.1 Å². The molecule has 0 aliphatic heterocycles. The fourth-order valence-electron chi connectivity index (χ4n) is 2.60. The third kappa shape index (κ3) is 3.28. The van der Waals surface area contributed by atoms with Crippen LogP contribution < -0.4 is 5.32 Å². The van der Waals surface area contributed by atoms with E-state index in [-0.39, 0.29) is 18.1 Å². The molecular weight excluding hydrogens is 262 g/mol. The molecule has 1 atom stereocenters. The van der Waals surface area contributed by atoms with Crippen molar-refractivity contribution in [3.05, 3.63) is 34.3 Å². The van der Waals surface area contributed by atoms with Gasteiger partial charge in [0, 0.05) is 16.6 Å². The second-order valence-electron chi connectivity index (χ2n) is 5.33. The third-order valence-electron chi connectivity index (χ3n) is 3.92. The molecule has 0 aromatic heterocycles. The molecule has 0 unspecified atom stereocenters. The van der Waals surface area contributed by atoms with Gasteiger partial charge in [-0.2, -0.15) is 0 Å². The van der Waals surface area contributed by atoms with Gasteiger partial charge in [-0.15, -0.1) is 0 Å². The molecule has 0 radical (unpaired) electrons. The van der Waals surface area contributed by atoms with E-state index in [4.69, 9.17) is 11.6 Å². The van der Waals surface area contributed by atoms with E-state index in [1.54, 1.807) is 12.1 Å². The van der Waals surface area contributed by atoms with Crippen molar-refractivity contribution < 1.29 is 9.90 Å². The number of hydrogen-bond acceptors (Lipinski definition) is 2. The van der Waals surface area contributed by atoms with Gasteiger partial charge in [0.1, 0.15) is 0 Å². The number of halogens is 1. The van der Waals surface area contributed by atoms with E-state index >= 15 is 0 Å². The van der Waals surface area contributed by atoms with Gasteiger partial charge in [-0.1, -0.05) is 24.6 Å². The van der Waals surface area contributed by atoms with E-state index in [1.165, 1.54) is 0 Å². The average molecular weight is 282 g/mol. The van der Waals surface area contributed by atoms with Crippen LogP contribution in [0, 0.1) is 12.8 Å². The predicted octanol–water partition coefficient (Wildman–Crippen LogP) is 2.93. The van der Waals surface area contributed by atoms with Crippen molar-refractivity contribution in [2.24, 2.45) is 5.92 Å². The Morgan fingerprint density at radius 3 is 2.79 bits per heavy atom. The van der Waals surface area contributed by atoms with Crippen LogP contribution in [0.2, 0.25) is 5.02 Å². The number of carbonyl (C=O) groups excluding carboxylic acids is 1. The van der Waals surface area contributed by atoms with Crippen molar-refractivity contribution in [1.82, 2.24) is 5.32 Å². The largest absolute Gasteiger partial charge is 0.393 e. The zero-order valence-corrected chi connectivity index (χ0v) is 12.1. The molecule has 1 saturated carbocycles. The van der Waals surface area contributed by atoms with Crippen LogP contribution in [0.25, 0.3) is 0 Å². The van der Waals surface area contributed by atoms with E-state index in [9.17, 15) is 9.90 Å². The van der Waals surface area contributed by atoms with Gasteiger partial charge in [-0.25, -0.2) is 0 Å². The zero-order chi connectivity index (χ0) is 14.0. The van der Waals surface area contributed by atoms with Gasteiger partial charge in [0.25, 0.3) is 5.91 Å².